The highest BCUT2D eigenvalue weighted by Gasteiger charge is 2.13. The summed E-state index contributed by atoms with van der Waals surface area (Å²) in [6, 6.07) is 13.6. The number of fused-ring (bicyclic) bond motifs is 1. The van der Waals surface area contributed by atoms with Crippen LogP contribution in [0, 0.1) is 0 Å². The van der Waals surface area contributed by atoms with E-state index in [0.717, 1.165) is 33.7 Å². The molecule has 0 fully saturated rings. The molecule has 4 nitrogen and oxygen atoms in total. The van der Waals surface area contributed by atoms with Crippen LogP contribution in [0.4, 0.5) is 0 Å². The van der Waals surface area contributed by atoms with Crippen molar-refractivity contribution in [1.82, 2.24) is 4.98 Å². The van der Waals surface area contributed by atoms with Gasteiger partial charge in [-0.3, -0.25) is 4.99 Å². The predicted octanol–water partition coefficient (Wildman–Crippen LogP) is 4.50. The molecule has 0 unspecified atom stereocenters. The number of ether oxygens (including phenoxy) is 1. The molecule has 0 N–H and O–H groups in total. The number of allylic oxidation sites excluding steroid dienone is 2. The molecule has 0 saturated heterocycles. The first kappa shape index (κ1) is 15.0. The fourth-order valence-corrected chi connectivity index (χ4v) is 2.47. The summed E-state index contributed by atoms with van der Waals surface area (Å²) in [6.45, 7) is 1.96. The van der Waals surface area contributed by atoms with Gasteiger partial charge in [-0.1, -0.05) is 18.2 Å². The Morgan fingerprint density at radius 3 is 2.74 bits per heavy atom. The van der Waals surface area contributed by atoms with Crippen LogP contribution in [-0.2, 0) is 0 Å². The molecule has 0 amide bonds. The zero-order chi connectivity index (χ0) is 16.2. The first-order valence-electron chi connectivity index (χ1n) is 7.40. The molecule has 3 rings (SSSR count). The van der Waals surface area contributed by atoms with Gasteiger partial charge in [0.25, 0.3) is 0 Å². The monoisotopic (exact) mass is 306 g/mol. The van der Waals surface area contributed by atoms with Crippen molar-refractivity contribution >= 4 is 16.8 Å². The molecule has 4 heteroatoms. The maximum Gasteiger partial charge on any atom is 0.227 e. The molecule has 23 heavy (non-hydrogen) atoms. The molecule has 0 saturated carbocycles. The Balaban J connectivity index is 2.08. The topological polar surface area (TPSA) is 47.6 Å². The maximum atomic E-state index is 5.82. The number of benzene rings is 2. The third-order valence-electron chi connectivity index (χ3n) is 3.58. The number of rotatable bonds is 4. The van der Waals surface area contributed by atoms with Crippen molar-refractivity contribution < 1.29 is 9.15 Å². The molecule has 3 aromatic rings. The minimum atomic E-state index is 0.581. The Bertz CT molecular complexity index is 858. The molecular weight excluding hydrogens is 288 g/mol. The fraction of sp³-hybridized carbons (Fsp3) is 0.158. The molecule has 0 aliphatic carbocycles. The summed E-state index contributed by atoms with van der Waals surface area (Å²) in [5, 5.41) is 0. The number of para-hydroxylation sites is 2. The van der Waals surface area contributed by atoms with Gasteiger partial charge in [0.05, 0.1) is 12.8 Å². The van der Waals surface area contributed by atoms with Crippen molar-refractivity contribution in [3.63, 3.8) is 0 Å². The zero-order valence-corrected chi connectivity index (χ0v) is 13.4. The van der Waals surface area contributed by atoms with Gasteiger partial charge in [0.2, 0.25) is 5.89 Å². The lowest BCUT2D eigenvalue weighted by Gasteiger charge is -2.09. The van der Waals surface area contributed by atoms with Crippen molar-refractivity contribution in [1.29, 1.82) is 0 Å². The number of aromatic nitrogens is 1. The minimum Gasteiger partial charge on any atom is -0.496 e. The van der Waals surface area contributed by atoms with Crippen LogP contribution < -0.4 is 4.74 Å². The highest BCUT2D eigenvalue weighted by Crippen LogP contribution is 2.29. The molecule has 0 radical (unpaired) electrons. The number of hydrogen-bond acceptors (Lipinski definition) is 4. The van der Waals surface area contributed by atoms with Crippen LogP contribution in [0.25, 0.3) is 22.6 Å². The van der Waals surface area contributed by atoms with E-state index in [1.165, 1.54) is 0 Å². The highest BCUT2D eigenvalue weighted by molar-refractivity contribution is 6.10. The molecule has 0 aliphatic rings. The summed E-state index contributed by atoms with van der Waals surface area (Å²) in [7, 11) is 3.42. The van der Waals surface area contributed by atoms with Crippen LogP contribution in [0.15, 0.2) is 64.0 Å². The summed E-state index contributed by atoms with van der Waals surface area (Å²) >= 11 is 0. The number of aliphatic imine (C=N–C) groups is 1. The lowest BCUT2D eigenvalue weighted by Crippen LogP contribution is -2.00. The average Bonchev–Trinajstić information content (AvgIpc) is 3.03. The molecule has 2 aromatic carbocycles. The van der Waals surface area contributed by atoms with E-state index in [9.17, 15) is 0 Å². The Kier molecular flexibility index (Phi) is 4.24. The summed E-state index contributed by atoms with van der Waals surface area (Å²) in [4.78, 5) is 8.83. The average molecular weight is 306 g/mol. The third-order valence-corrected chi connectivity index (χ3v) is 3.58. The van der Waals surface area contributed by atoms with E-state index in [4.69, 9.17) is 9.15 Å². The van der Waals surface area contributed by atoms with Crippen LogP contribution in [-0.4, -0.2) is 24.9 Å². The first-order valence-corrected chi connectivity index (χ1v) is 7.40. The Labute approximate surface area is 135 Å². The second-order valence-electron chi connectivity index (χ2n) is 5.01. The molecule has 0 spiro atoms. The van der Waals surface area contributed by atoms with E-state index >= 15 is 0 Å². The van der Waals surface area contributed by atoms with Gasteiger partial charge in [0.15, 0.2) is 5.58 Å². The summed E-state index contributed by atoms with van der Waals surface area (Å²) in [5.74, 6) is 1.32. The van der Waals surface area contributed by atoms with Crippen molar-refractivity contribution in [3.05, 3.63) is 60.2 Å². The largest absolute Gasteiger partial charge is 0.496 e. The van der Waals surface area contributed by atoms with Gasteiger partial charge >= 0.3 is 0 Å². The second-order valence-corrected chi connectivity index (χ2v) is 5.01. The third kappa shape index (κ3) is 2.88. The predicted molar refractivity (Wildman–Crippen MR) is 93.3 cm³/mol. The summed E-state index contributed by atoms with van der Waals surface area (Å²) < 4.78 is 11.3. The van der Waals surface area contributed by atoms with Crippen LogP contribution in [0.1, 0.15) is 12.5 Å². The van der Waals surface area contributed by atoms with Gasteiger partial charge in [-0.05, 0) is 43.3 Å². The first-order chi connectivity index (χ1) is 11.3. The van der Waals surface area contributed by atoms with E-state index < -0.39 is 0 Å². The highest BCUT2D eigenvalue weighted by atomic mass is 16.5. The molecule has 116 valence electrons. The van der Waals surface area contributed by atoms with Crippen LogP contribution >= 0.6 is 0 Å². The SMILES string of the molecule is C/C=C\C(=NC)c1ccc(-c2nc3ccccc3o2)cc1OC. The lowest BCUT2D eigenvalue weighted by atomic mass is 10.1. The fourth-order valence-electron chi connectivity index (χ4n) is 2.47. The quantitative estimate of drug-likeness (QED) is 0.667. The van der Waals surface area contributed by atoms with Crippen molar-refractivity contribution in [2.24, 2.45) is 4.99 Å². The molecule has 0 aliphatic heterocycles. The molecule has 1 heterocycles. The molecule has 0 bridgehead atoms. The van der Waals surface area contributed by atoms with E-state index in [-0.39, 0.29) is 0 Å². The molecule has 1 aromatic heterocycles. The van der Waals surface area contributed by atoms with Gasteiger partial charge in [-0.25, -0.2) is 4.98 Å². The van der Waals surface area contributed by atoms with E-state index in [1.54, 1.807) is 14.2 Å². The van der Waals surface area contributed by atoms with Gasteiger partial charge in [0.1, 0.15) is 11.3 Å². The summed E-state index contributed by atoms with van der Waals surface area (Å²) in [5.41, 5.74) is 4.30. The van der Waals surface area contributed by atoms with E-state index in [2.05, 4.69) is 9.98 Å². The Hall–Kier alpha value is -2.88. The standard InChI is InChI=1S/C19H18N2O2/c1-4-7-15(20-2)14-11-10-13(12-18(14)22-3)19-21-16-8-5-6-9-17(16)23-19/h4-12H,1-3H3/b7-4-,20-15?. The lowest BCUT2D eigenvalue weighted by molar-refractivity contribution is 0.414. The maximum absolute atomic E-state index is 5.82. The van der Waals surface area contributed by atoms with E-state index in [0.29, 0.717) is 5.89 Å². The van der Waals surface area contributed by atoms with Gasteiger partial charge < -0.3 is 9.15 Å². The van der Waals surface area contributed by atoms with Crippen LogP contribution in [0.3, 0.4) is 0 Å². The van der Waals surface area contributed by atoms with Crippen molar-refractivity contribution in [3.8, 4) is 17.2 Å². The molecular formula is C19H18N2O2. The van der Waals surface area contributed by atoms with Gasteiger partial charge in [-0.2, -0.15) is 0 Å². The van der Waals surface area contributed by atoms with Crippen LogP contribution in [0.5, 0.6) is 5.75 Å². The normalized spacial score (nSPS) is 12.2. The summed E-state index contributed by atoms with van der Waals surface area (Å²) in [6.07, 6.45) is 3.91. The van der Waals surface area contributed by atoms with E-state index in [1.807, 2.05) is 61.5 Å². The van der Waals surface area contributed by atoms with Gasteiger partial charge in [0, 0.05) is 18.2 Å². The number of methoxy groups -OCH3 is 1. The van der Waals surface area contributed by atoms with Gasteiger partial charge in [-0.15, -0.1) is 0 Å². The Morgan fingerprint density at radius 2 is 2.04 bits per heavy atom. The van der Waals surface area contributed by atoms with Crippen molar-refractivity contribution in [2.75, 3.05) is 14.2 Å². The zero-order valence-electron chi connectivity index (χ0n) is 13.4. The second kappa shape index (κ2) is 6.48. The Morgan fingerprint density at radius 1 is 1.22 bits per heavy atom. The smallest absolute Gasteiger partial charge is 0.227 e. The van der Waals surface area contributed by atoms with Crippen LogP contribution in [0.2, 0.25) is 0 Å². The number of nitrogens with zero attached hydrogens (tertiary/aromatic N) is 2. The molecule has 0 atom stereocenters. The number of hydrogen-bond donors (Lipinski definition) is 0. The minimum absolute atomic E-state index is 0.581. The number of oxazole rings is 1. The van der Waals surface area contributed by atoms with Crippen molar-refractivity contribution in [2.45, 2.75) is 6.92 Å².